The van der Waals surface area contributed by atoms with Crippen molar-refractivity contribution in [2.24, 2.45) is 7.05 Å². The number of fused-ring (bicyclic) bond motifs is 1. The Balaban J connectivity index is 1.96. The first-order chi connectivity index (χ1) is 15.5. The Labute approximate surface area is 195 Å². The van der Waals surface area contributed by atoms with Crippen molar-refractivity contribution in [1.82, 2.24) is 19.4 Å². The average molecular weight is 454 g/mol. The van der Waals surface area contributed by atoms with Gasteiger partial charge in [0, 0.05) is 32.2 Å². The molecular weight excluding hydrogens is 418 g/mol. The van der Waals surface area contributed by atoms with Gasteiger partial charge in [-0.2, -0.15) is 5.26 Å². The molecule has 2 heterocycles. The lowest BCUT2D eigenvalue weighted by atomic mass is 10.0. The molecule has 0 aliphatic carbocycles. The van der Waals surface area contributed by atoms with Crippen molar-refractivity contribution >= 4 is 17.0 Å². The van der Waals surface area contributed by atoms with Crippen molar-refractivity contribution in [1.29, 1.82) is 5.26 Å². The Kier molecular flexibility index (Phi) is 7.13. The van der Waals surface area contributed by atoms with Gasteiger partial charge in [0.1, 0.15) is 11.4 Å². The molecule has 3 rings (SSSR count). The Bertz CT molecular complexity index is 1120. The maximum atomic E-state index is 13.1. The van der Waals surface area contributed by atoms with Gasteiger partial charge in [0.05, 0.1) is 28.6 Å². The summed E-state index contributed by atoms with van der Waals surface area (Å²) in [6.45, 7) is 13.1. The molecule has 1 aliphatic rings. The monoisotopic (exact) mass is 453 g/mol. The van der Waals surface area contributed by atoms with Crippen molar-refractivity contribution in [3.63, 3.8) is 0 Å². The second-order valence-electron chi connectivity index (χ2n) is 10.0. The van der Waals surface area contributed by atoms with Gasteiger partial charge in [-0.3, -0.25) is 14.3 Å². The molecule has 0 N–H and O–H groups in total. The Morgan fingerprint density at radius 2 is 1.91 bits per heavy atom. The van der Waals surface area contributed by atoms with Crippen LogP contribution in [0.5, 0.6) is 0 Å². The predicted molar refractivity (Wildman–Crippen MR) is 128 cm³/mol. The number of carbonyl (C=O) groups excluding carboxylic acids is 1. The minimum absolute atomic E-state index is 0.0503. The van der Waals surface area contributed by atoms with E-state index in [0.717, 1.165) is 12.8 Å². The maximum absolute atomic E-state index is 13.1. The van der Waals surface area contributed by atoms with Crippen LogP contribution in [0.2, 0.25) is 0 Å². The fourth-order valence-electron chi connectivity index (χ4n) is 4.70. The summed E-state index contributed by atoms with van der Waals surface area (Å²) in [5.41, 5.74) is 0.360. The zero-order valence-corrected chi connectivity index (χ0v) is 20.8. The molecule has 33 heavy (non-hydrogen) atoms. The highest BCUT2D eigenvalue weighted by molar-refractivity contribution is 5.79. The van der Waals surface area contributed by atoms with Gasteiger partial charge in [-0.15, -0.1) is 0 Å². The van der Waals surface area contributed by atoms with Crippen molar-refractivity contribution in [3.8, 4) is 6.07 Å². The Morgan fingerprint density at radius 1 is 1.27 bits per heavy atom. The summed E-state index contributed by atoms with van der Waals surface area (Å²) < 4.78 is 7.26. The molecule has 1 aromatic carbocycles. The van der Waals surface area contributed by atoms with E-state index in [4.69, 9.17) is 9.72 Å². The summed E-state index contributed by atoms with van der Waals surface area (Å²) in [7, 11) is 1.76. The molecule has 8 nitrogen and oxygen atoms in total. The summed E-state index contributed by atoms with van der Waals surface area (Å²) in [4.78, 5) is 34.9. The number of ether oxygens (including phenoxy) is 1. The highest BCUT2D eigenvalue weighted by Gasteiger charge is 2.38. The predicted octanol–water partition coefficient (Wildman–Crippen LogP) is 3.98. The van der Waals surface area contributed by atoms with E-state index in [-0.39, 0.29) is 29.8 Å². The van der Waals surface area contributed by atoms with Crippen molar-refractivity contribution < 1.29 is 9.53 Å². The summed E-state index contributed by atoms with van der Waals surface area (Å²) in [6, 6.07) is 6.94. The van der Waals surface area contributed by atoms with Gasteiger partial charge in [0.25, 0.3) is 5.56 Å². The Hall–Kier alpha value is -2.92. The first-order valence-electron chi connectivity index (χ1n) is 11.6. The van der Waals surface area contributed by atoms with Gasteiger partial charge in [-0.25, -0.2) is 9.78 Å². The molecule has 0 saturated carbocycles. The van der Waals surface area contributed by atoms with Crippen LogP contribution < -0.4 is 5.56 Å². The third-order valence-electron chi connectivity index (χ3n) is 6.09. The minimum Gasteiger partial charge on any atom is -0.444 e. The number of amides is 1. The SMILES string of the molecule is CCCC(c1nc2cc(C#N)ccc2c(=O)n1C)N1C[C@@H](C)N(C(=O)OC(C)(C)C)[C@@H](C)C1. The topological polar surface area (TPSA) is 91.5 Å². The lowest BCUT2D eigenvalue weighted by Crippen LogP contribution is -2.60. The van der Waals surface area contributed by atoms with Crippen LogP contribution in [0.15, 0.2) is 23.0 Å². The van der Waals surface area contributed by atoms with Crippen LogP contribution in [-0.2, 0) is 11.8 Å². The van der Waals surface area contributed by atoms with Crippen molar-refractivity contribution in [2.75, 3.05) is 13.1 Å². The van der Waals surface area contributed by atoms with Gasteiger partial charge in [-0.05, 0) is 59.2 Å². The van der Waals surface area contributed by atoms with E-state index in [9.17, 15) is 14.9 Å². The second kappa shape index (κ2) is 9.52. The fraction of sp³-hybridized carbons (Fsp3) is 0.600. The molecule has 3 atom stereocenters. The van der Waals surface area contributed by atoms with Crippen molar-refractivity contribution in [3.05, 3.63) is 39.9 Å². The molecule has 1 unspecified atom stereocenters. The smallest absolute Gasteiger partial charge is 0.410 e. The molecule has 0 radical (unpaired) electrons. The summed E-state index contributed by atoms with van der Waals surface area (Å²) in [5, 5.41) is 9.78. The van der Waals surface area contributed by atoms with Crippen LogP contribution in [-0.4, -0.2) is 56.2 Å². The quantitative estimate of drug-likeness (QED) is 0.695. The number of aromatic nitrogens is 2. The molecule has 1 aromatic heterocycles. The summed E-state index contributed by atoms with van der Waals surface area (Å²) in [6.07, 6.45) is 1.45. The van der Waals surface area contributed by atoms with E-state index in [1.165, 1.54) is 0 Å². The van der Waals surface area contributed by atoms with Gasteiger partial charge < -0.3 is 9.64 Å². The number of rotatable bonds is 4. The van der Waals surface area contributed by atoms with Crippen LogP contribution in [0.3, 0.4) is 0 Å². The van der Waals surface area contributed by atoms with Gasteiger partial charge in [0.2, 0.25) is 0 Å². The zero-order valence-electron chi connectivity index (χ0n) is 20.8. The zero-order chi connectivity index (χ0) is 24.5. The first-order valence-corrected chi connectivity index (χ1v) is 11.6. The summed E-state index contributed by atoms with van der Waals surface area (Å²) in [5.74, 6) is 0.689. The largest absolute Gasteiger partial charge is 0.444 e. The third-order valence-corrected chi connectivity index (χ3v) is 6.09. The number of benzene rings is 1. The number of piperazine rings is 1. The normalized spacial score (nSPS) is 20.5. The lowest BCUT2D eigenvalue weighted by Gasteiger charge is -2.47. The number of carbonyl (C=O) groups is 1. The summed E-state index contributed by atoms with van der Waals surface area (Å²) >= 11 is 0. The van der Waals surface area contributed by atoms with E-state index in [1.807, 2.05) is 39.5 Å². The molecule has 8 heteroatoms. The van der Waals surface area contributed by atoms with E-state index in [0.29, 0.717) is 35.4 Å². The van der Waals surface area contributed by atoms with Crippen LogP contribution in [0.1, 0.15) is 71.8 Å². The molecule has 2 aromatic rings. The fourth-order valence-corrected chi connectivity index (χ4v) is 4.70. The lowest BCUT2D eigenvalue weighted by molar-refractivity contribution is -0.0246. The van der Waals surface area contributed by atoms with E-state index in [2.05, 4.69) is 17.9 Å². The number of nitriles is 1. The average Bonchev–Trinajstić information content (AvgIpc) is 2.72. The minimum atomic E-state index is -0.548. The standard InChI is InChI=1S/C25H35N5O3/c1-8-9-21(22-27-20-12-18(13-26)10-11-19(20)23(31)28(22)7)29-14-16(2)30(17(3)15-29)24(32)33-25(4,5)6/h10-12,16-17,21H,8-9,14-15H2,1-7H3/t16-,17+,21?. The van der Waals surface area contributed by atoms with E-state index < -0.39 is 5.60 Å². The van der Waals surface area contributed by atoms with Crippen molar-refractivity contribution in [2.45, 2.75) is 78.1 Å². The Morgan fingerprint density at radius 3 is 2.45 bits per heavy atom. The molecule has 178 valence electrons. The molecule has 1 saturated heterocycles. The van der Waals surface area contributed by atoms with E-state index in [1.54, 1.807) is 29.8 Å². The van der Waals surface area contributed by atoms with Crippen LogP contribution >= 0.6 is 0 Å². The third kappa shape index (κ3) is 5.19. The number of hydrogen-bond donors (Lipinski definition) is 0. The molecule has 0 bridgehead atoms. The van der Waals surface area contributed by atoms with Gasteiger partial charge in [-0.1, -0.05) is 13.3 Å². The van der Waals surface area contributed by atoms with Crippen LogP contribution in [0.4, 0.5) is 4.79 Å². The van der Waals surface area contributed by atoms with Crippen LogP contribution in [0.25, 0.3) is 10.9 Å². The first kappa shape index (κ1) is 24.7. The number of nitrogens with zero attached hydrogens (tertiary/aromatic N) is 5. The second-order valence-corrected chi connectivity index (χ2v) is 10.0. The highest BCUT2D eigenvalue weighted by Crippen LogP contribution is 2.30. The van der Waals surface area contributed by atoms with Gasteiger partial charge >= 0.3 is 6.09 Å². The van der Waals surface area contributed by atoms with E-state index >= 15 is 0 Å². The van der Waals surface area contributed by atoms with Crippen LogP contribution in [0, 0.1) is 11.3 Å². The molecule has 1 aliphatic heterocycles. The molecule has 1 amide bonds. The van der Waals surface area contributed by atoms with Gasteiger partial charge in [0.15, 0.2) is 0 Å². The molecule has 0 spiro atoms. The number of hydrogen-bond acceptors (Lipinski definition) is 6. The molecular formula is C25H35N5O3. The highest BCUT2D eigenvalue weighted by atomic mass is 16.6. The maximum Gasteiger partial charge on any atom is 0.410 e. The molecule has 1 fully saturated rings.